The number of ketones is 1. The van der Waals surface area contributed by atoms with Crippen molar-refractivity contribution in [3.05, 3.63) is 48.1 Å². The van der Waals surface area contributed by atoms with Crippen molar-refractivity contribution in [2.45, 2.75) is 51.5 Å². The van der Waals surface area contributed by atoms with Crippen molar-refractivity contribution in [2.24, 2.45) is 11.3 Å². The number of carbonyl (C=O) groups excluding carboxylic acids is 1. The van der Waals surface area contributed by atoms with Crippen LogP contribution in [0.15, 0.2) is 36.5 Å². The van der Waals surface area contributed by atoms with Crippen molar-refractivity contribution in [1.29, 1.82) is 0 Å². The van der Waals surface area contributed by atoms with Crippen molar-refractivity contribution in [1.82, 2.24) is 14.8 Å². The van der Waals surface area contributed by atoms with Gasteiger partial charge in [0.15, 0.2) is 0 Å². The molecular weight excluding hydrogens is 286 g/mol. The highest BCUT2D eigenvalue weighted by Crippen LogP contribution is 2.71. The fourth-order valence-corrected chi connectivity index (χ4v) is 4.02. The third kappa shape index (κ3) is 2.23. The van der Waals surface area contributed by atoms with Crippen molar-refractivity contribution in [3.8, 4) is 0 Å². The van der Waals surface area contributed by atoms with E-state index in [0.29, 0.717) is 17.2 Å². The van der Waals surface area contributed by atoms with Gasteiger partial charge in [0.2, 0.25) is 11.6 Å². The Hall–Kier alpha value is -1.97. The highest BCUT2D eigenvalue weighted by molar-refractivity contribution is 5.97. The van der Waals surface area contributed by atoms with Crippen LogP contribution in [0.25, 0.3) is 0 Å². The lowest BCUT2D eigenvalue weighted by molar-refractivity contribution is 0.0948. The number of hydrogen-bond acceptors (Lipinski definition) is 3. The van der Waals surface area contributed by atoms with Gasteiger partial charge in [-0.3, -0.25) is 4.79 Å². The third-order valence-electron chi connectivity index (χ3n) is 5.64. The van der Waals surface area contributed by atoms with Crippen LogP contribution in [0.2, 0.25) is 0 Å². The summed E-state index contributed by atoms with van der Waals surface area (Å²) in [7, 11) is 0. The SMILES string of the molecule is C=C/C=C(\C=C/C)C1CC(C)c2nc(C(=O)C3CC34CC4)nn21. The predicted molar refractivity (Wildman–Crippen MR) is 89.3 cm³/mol. The van der Waals surface area contributed by atoms with E-state index in [2.05, 4.69) is 29.7 Å². The minimum absolute atomic E-state index is 0.150. The Balaban J connectivity index is 1.65. The summed E-state index contributed by atoms with van der Waals surface area (Å²) in [6.07, 6.45) is 12.4. The molecule has 1 aromatic heterocycles. The van der Waals surface area contributed by atoms with Gasteiger partial charge in [-0.1, -0.05) is 37.8 Å². The minimum Gasteiger partial charge on any atom is -0.290 e. The molecule has 120 valence electrons. The van der Waals surface area contributed by atoms with Gasteiger partial charge in [0, 0.05) is 11.8 Å². The van der Waals surface area contributed by atoms with Gasteiger partial charge in [-0.25, -0.2) is 9.67 Å². The normalized spacial score (nSPS) is 30.7. The number of nitrogens with zero attached hydrogens (tertiary/aromatic N) is 3. The molecule has 4 nitrogen and oxygen atoms in total. The number of allylic oxidation sites excluding steroid dienone is 5. The molecule has 1 spiro atoms. The topological polar surface area (TPSA) is 47.8 Å². The average Bonchev–Trinajstić information content (AvgIpc) is 3.38. The van der Waals surface area contributed by atoms with Crippen LogP contribution in [-0.4, -0.2) is 20.5 Å². The summed E-state index contributed by atoms with van der Waals surface area (Å²) in [5.41, 5.74) is 1.53. The summed E-state index contributed by atoms with van der Waals surface area (Å²) in [4.78, 5) is 17.2. The first-order valence-corrected chi connectivity index (χ1v) is 8.55. The number of fused-ring (bicyclic) bond motifs is 1. The van der Waals surface area contributed by atoms with Crippen molar-refractivity contribution in [2.75, 3.05) is 0 Å². The lowest BCUT2D eigenvalue weighted by Gasteiger charge is -2.13. The molecule has 2 saturated carbocycles. The van der Waals surface area contributed by atoms with Gasteiger partial charge in [0.05, 0.1) is 6.04 Å². The second kappa shape index (κ2) is 5.02. The molecule has 2 fully saturated rings. The minimum atomic E-state index is 0.150. The van der Waals surface area contributed by atoms with E-state index < -0.39 is 0 Å². The maximum atomic E-state index is 12.6. The molecule has 0 saturated heterocycles. The van der Waals surface area contributed by atoms with Gasteiger partial charge in [-0.2, -0.15) is 0 Å². The molecule has 0 aromatic carbocycles. The van der Waals surface area contributed by atoms with Crippen LogP contribution in [-0.2, 0) is 0 Å². The van der Waals surface area contributed by atoms with Crippen LogP contribution in [0, 0.1) is 11.3 Å². The molecule has 0 bridgehead atoms. The number of aromatic nitrogens is 3. The third-order valence-corrected chi connectivity index (χ3v) is 5.64. The lowest BCUT2D eigenvalue weighted by Crippen LogP contribution is -2.11. The monoisotopic (exact) mass is 309 g/mol. The van der Waals surface area contributed by atoms with E-state index in [1.54, 1.807) is 0 Å². The predicted octanol–water partition coefficient (Wildman–Crippen LogP) is 4.00. The van der Waals surface area contributed by atoms with Gasteiger partial charge in [-0.15, -0.1) is 5.10 Å². The summed E-state index contributed by atoms with van der Waals surface area (Å²) >= 11 is 0. The highest BCUT2D eigenvalue weighted by Gasteiger charge is 2.66. The van der Waals surface area contributed by atoms with Crippen LogP contribution in [0.1, 0.15) is 67.9 Å². The van der Waals surface area contributed by atoms with E-state index in [0.717, 1.165) is 18.7 Å². The maximum absolute atomic E-state index is 12.6. The summed E-state index contributed by atoms with van der Waals surface area (Å²) in [6.45, 7) is 7.98. The molecular formula is C19H23N3O. The molecule has 23 heavy (non-hydrogen) atoms. The molecule has 1 aliphatic heterocycles. The summed E-state index contributed by atoms with van der Waals surface area (Å²) in [5.74, 6) is 2.06. The van der Waals surface area contributed by atoms with E-state index in [1.807, 2.05) is 29.8 Å². The fraction of sp³-hybridized carbons (Fsp3) is 0.526. The smallest absolute Gasteiger partial charge is 0.217 e. The van der Waals surface area contributed by atoms with Crippen molar-refractivity contribution < 1.29 is 4.79 Å². The Morgan fingerprint density at radius 3 is 2.83 bits per heavy atom. The van der Waals surface area contributed by atoms with Crippen LogP contribution < -0.4 is 0 Å². The zero-order valence-corrected chi connectivity index (χ0v) is 13.8. The summed E-state index contributed by atoms with van der Waals surface area (Å²) in [6, 6.07) is 0.150. The molecule has 0 N–H and O–H groups in total. The quantitative estimate of drug-likeness (QED) is 0.610. The molecule has 2 heterocycles. The second-order valence-corrected chi connectivity index (χ2v) is 7.28. The second-order valence-electron chi connectivity index (χ2n) is 7.28. The summed E-state index contributed by atoms with van der Waals surface area (Å²) in [5, 5.41) is 4.61. The molecule has 1 aromatic rings. The number of Topliss-reactive ketones (excluding diaryl/α,β-unsaturated/α-hetero) is 1. The van der Waals surface area contributed by atoms with Crippen LogP contribution >= 0.6 is 0 Å². The molecule has 3 aliphatic rings. The summed E-state index contributed by atoms with van der Waals surface area (Å²) < 4.78 is 1.97. The Morgan fingerprint density at radius 1 is 1.43 bits per heavy atom. The highest BCUT2D eigenvalue weighted by atomic mass is 16.1. The van der Waals surface area contributed by atoms with Crippen LogP contribution in [0.5, 0.6) is 0 Å². The molecule has 4 rings (SSSR count). The average molecular weight is 309 g/mol. The molecule has 0 amide bonds. The zero-order chi connectivity index (χ0) is 16.2. The van der Waals surface area contributed by atoms with Crippen molar-refractivity contribution in [3.63, 3.8) is 0 Å². The van der Waals surface area contributed by atoms with E-state index in [9.17, 15) is 4.79 Å². The molecule has 2 aliphatic carbocycles. The lowest BCUT2D eigenvalue weighted by atomic mass is 9.99. The zero-order valence-electron chi connectivity index (χ0n) is 13.8. The van der Waals surface area contributed by atoms with Crippen LogP contribution in [0.3, 0.4) is 0 Å². The van der Waals surface area contributed by atoms with Gasteiger partial charge < -0.3 is 0 Å². The van der Waals surface area contributed by atoms with E-state index >= 15 is 0 Å². The van der Waals surface area contributed by atoms with Gasteiger partial charge in [0.25, 0.3) is 0 Å². The number of hydrogen-bond donors (Lipinski definition) is 0. The van der Waals surface area contributed by atoms with Crippen molar-refractivity contribution >= 4 is 5.78 Å². The van der Waals surface area contributed by atoms with E-state index in [1.165, 1.54) is 18.4 Å². The first-order chi connectivity index (χ1) is 11.1. The Bertz CT molecular complexity index is 736. The standard InChI is InChI=1S/C19H23N3O/c1-4-6-13(7-5-2)15-10-12(3)18-20-17(21-22(15)18)16(23)14-11-19(14)8-9-19/h4-7,12,14-15H,1,8-11H2,2-3H3/b7-5-,13-6+. The maximum Gasteiger partial charge on any atom is 0.217 e. The Morgan fingerprint density at radius 2 is 2.22 bits per heavy atom. The molecule has 4 heteroatoms. The van der Waals surface area contributed by atoms with Gasteiger partial charge >= 0.3 is 0 Å². The first kappa shape index (κ1) is 14.6. The first-order valence-electron chi connectivity index (χ1n) is 8.55. The number of rotatable bonds is 5. The van der Waals surface area contributed by atoms with Gasteiger partial charge in [-0.05, 0) is 43.6 Å². The Labute approximate surface area is 137 Å². The van der Waals surface area contributed by atoms with Crippen LogP contribution in [0.4, 0.5) is 0 Å². The Kier molecular flexibility index (Phi) is 3.19. The van der Waals surface area contributed by atoms with E-state index in [-0.39, 0.29) is 17.7 Å². The fourth-order valence-electron chi connectivity index (χ4n) is 4.02. The largest absolute Gasteiger partial charge is 0.290 e. The molecule has 3 atom stereocenters. The van der Waals surface area contributed by atoms with E-state index in [4.69, 9.17) is 0 Å². The number of carbonyl (C=O) groups is 1. The molecule has 0 radical (unpaired) electrons. The van der Waals surface area contributed by atoms with Gasteiger partial charge in [0.1, 0.15) is 5.82 Å². The molecule has 3 unspecified atom stereocenters.